The van der Waals surface area contributed by atoms with Crippen molar-refractivity contribution < 1.29 is 14.3 Å². The van der Waals surface area contributed by atoms with Crippen LogP contribution in [0.25, 0.3) is 17.3 Å². The molecule has 8 heteroatoms. The number of rotatable bonds is 6. The van der Waals surface area contributed by atoms with Crippen molar-refractivity contribution in [3.05, 3.63) is 85.3 Å². The lowest BCUT2D eigenvalue weighted by molar-refractivity contribution is -0.133. The van der Waals surface area contributed by atoms with E-state index in [2.05, 4.69) is 10.1 Å². The highest BCUT2D eigenvalue weighted by Gasteiger charge is 2.17. The maximum absolute atomic E-state index is 13.0. The maximum Gasteiger partial charge on any atom is 0.332 e. The van der Waals surface area contributed by atoms with E-state index in [0.29, 0.717) is 18.7 Å². The SMILES string of the molecule is COC(=O)/C=c1/s/c(=C(\C#N)C(=O)NCCc2ccccc2)n(-c2ccc(C)cc2)c1=O. The molecule has 0 aliphatic carbocycles. The Hall–Kier alpha value is -3.96. The minimum absolute atomic E-state index is 0.0669. The monoisotopic (exact) mass is 447 g/mol. The molecule has 2 aromatic carbocycles. The molecule has 1 amide bonds. The van der Waals surface area contributed by atoms with E-state index >= 15 is 0 Å². The van der Waals surface area contributed by atoms with Gasteiger partial charge in [0.05, 0.1) is 12.8 Å². The lowest BCUT2D eigenvalue weighted by Gasteiger charge is -2.06. The van der Waals surface area contributed by atoms with Crippen molar-refractivity contribution in [1.29, 1.82) is 5.26 Å². The number of hydrogen-bond acceptors (Lipinski definition) is 6. The number of amides is 1. The van der Waals surface area contributed by atoms with Crippen LogP contribution in [0.3, 0.4) is 0 Å². The summed E-state index contributed by atoms with van der Waals surface area (Å²) in [4.78, 5) is 37.6. The number of carbonyl (C=O) groups excluding carboxylic acids is 2. The molecular formula is C24H21N3O4S. The topological polar surface area (TPSA) is 101 Å². The number of esters is 1. The van der Waals surface area contributed by atoms with Crippen LogP contribution >= 0.6 is 11.3 Å². The van der Waals surface area contributed by atoms with Crippen molar-refractivity contribution in [2.75, 3.05) is 13.7 Å². The van der Waals surface area contributed by atoms with E-state index in [1.165, 1.54) is 11.7 Å². The summed E-state index contributed by atoms with van der Waals surface area (Å²) < 4.78 is 6.11. The van der Waals surface area contributed by atoms with Crippen LogP contribution in [-0.2, 0) is 20.7 Å². The van der Waals surface area contributed by atoms with Crippen molar-refractivity contribution in [2.24, 2.45) is 0 Å². The number of nitrogens with one attached hydrogen (secondary N) is 1. The van der Waals surface area contributed by atoms with Gasteiger partial charge in [-0.05, 0) is 31.0 Å². The van der Waals surface area contributed by atoms with Gasteiger partial charge in [0.15, 0.2) is 5.57 Å². The summed E-state index contributed by atoms with van der Waals surface area (Å²) in [6.45, 7) is 2.24. The van der Waals surface area contributed by atoms with Crippen LogP contribution in [-0.4, -0.2) is 30.1 Å². The fourth-order valence-corrected chi connectivity index (χ4v) is 4.06. The molecule has 0 bridgehead atoms. The summed E-state index contributed by atoms with van der Waals surface area (Å²) in [5, 5.41) is 12.5. The lowest BCUT2D eigenvalue weighted by atomic mass is 10.1. The molecule has 0 saturated heterocycles. The van der Waals surface area contributed by atoms with Crippen molar-refractivity contribution >= 4 is 34.9 Å². The Morgan fingerprint density at radius 2 is 1.84 bits per heavy atom. The second-order valence-corrected chi connectivity index (χ2v) is 7.92. The molecule has 162 valence electrons. The predicted molar refractivity (Wildman–Crippen MR) is 123 cm³/mol. The first-order valence-corrected chi connectivity index (χ1v) is 10.6. The summed E-state index contributed by atoms with van der Waals surface area (Å²) in [5.41, 5.74) is 1.81. The Balaban J connectivity index is 2.08. The molecule has 3 aromatic rings. The third-order valence-electron chi connectivity index (χ3n) is 4.66. The second kappa shape index (κ2) is 10.4. The fourth-order valence-electron chi connectivity index (χ4n) is 2.99. The number of thiazole rings is 1. The summed E-state index contributed by atoms with van der Waals surface area (Å²) in [5.74, 6) is -1.29. The van der Waals surface area contributed by atoms with Crippen molar-refractivity contribution in [3.8, 4) is 11.8 Å². The van der Waals surface area contributed by atoms with Crippen LogP contribution in [0.2, 0.25) is 0 Å². The number of hydrogen-bond donors (Lipinski definition) is 1. The zero-order valence-electron chi connectivity index (χ0n) is 17.6. The smallest absolute Gasteiger partial charge is 0.332 e. The van der Waals surface area contributed by atoms with Crippen molar-refractivity contribution in [2.45, 2.75) is 13.3 Å². The molecule has 0 saturated carbocycles. The normalized spacial score (nSPS) is 12.1. The van der Waals surface area contributed by atoms with Gasteiger partial charge in [0.2, 0.25) is 0 Å². The molecule has 1 aromatic heterocycles. The maximum atomic E-state index is 13.0. The van der Waals surface area contributed by atoms with Crippen LogP contribution in [0, 0.1) is 18.3 Å². The van der Waals surface area contributed by atoms with Gasteiger partial charge in [0.25, 0.3) is 11.5 Å². The first-order valence-electron chi connectivity index (χ1n) is 9.79. The summed E-state index contributed by atoms with van der Waals surface area (Å²) in [6.07, 6.45) is 1.66. The highest BCUT2D eigenvalue weighted by molar-refractivity contribution is 7.07. The minimum atomic E-state index is -0.697. The molecule has 1 heterocycles. The molecule has 0 unspecified atom stereocenters. The van der Waals surface area contributed by atoms with Gasteiger partial charge >= 0.3 is 5.97 Å². The third-order valence-corrected chi connectivity index (χ3v) is 5.75. The average Bonchev–Trinajstić information content (AvgIpc) is 3.11. The van der Waals surface area contributed by atoms with Gasteiger partial charge in [0, 0.05) is 12.6 Å². The largest absolute Gasteiger partial charge is 0.466 e. The van der Waals surface area contributed by atoms with Gasteiger partial charge in [-0.3, -0.25) is 14.2 Å². The highest BCUT2D eigenvalue weighted by atomic mass is 32.1. The van der Waals surface area contributed by atoms with Gasteiger partial charge in [-0.25, -0.2) is 4.79 Å². The third kappa shape index (κ3) is 5.20. The molecule has 0 aliphatic heterocycles. The van der Waals surface area contributed by atoms with E-state index in [0.717, 1.165) is 28.5 Å². The standard InChI is InChI=1S/C24H21N3O4S/c1-16-8-10-18(11-9-16)27-23(30)20(14-21(28)31-2)32-24(27)19(15-25)22(29)26-13-12-17-6-4-3-5-7-17/h3-11,14H,12-13H2,1-2H3,(H,26,29)/b20-14+,24-19+. The van der Waals surface area contributed by atoms with Gasteiger partial charge in [-0.15, -0.1) is 11.3 Å². The fraction of sp³-hybridized carbons (Fsp3) is 0.167. The summed E-state index contributed by atoms with van der Waals surface area (Å²) in [6, 6.07) is 18.6. The molecule has 7 nitrogen and oxygen atoms in total. The van der Waals surface area contributed by atoms with E-state index < -0.39 is 17.4 Å². The van der Waals surface area contributed by atoms with E-state index in [-0.39, 0.29) is 14.8 Å². The van der Waals surface area contributed by atoms with E-state index in [1.807, 2.05) is 55.5 Å². The molecule has 0 atom stereocenters. The lowest BCUT2D eigenvalue weighted by Crippen LogP contribution is -2.34. The Labute approximate surface area is 188 Å². The number of aromatic nitrogens is 1. The number of carbonyl (C=O) groups is 2. The predicted octanol–water partition coefficient (Wildman–Crippen LogP) is 1.19. The molecule has 3 rings (SSSR count). The molecule has 32 heavy (non-hydrogen) atoms. The number of aryl methyl sites for hydroxylation is 1. The Kier molecular flexibility index (Phi) is 7.37. The van der Waals surface area contributed by atoms with Crippen LogP contribution in [0.1, 0.15) is 11.1 Å². The molecule has 0 radical (unpaired) electrons. The first-order chi connectivity index (χ1) is 15.4. The number of ether oxygens (including phenoxy) is 1. The zero-order valence-corrected chi connectivity index (χ0v) is 18.4. The average molecular weight is 448 g/mol. The van der Waals surface area contributed by atoms with Crippen molar-refractivity contribution in [1.82, 2.24) is 9.88 Å². The number of nitrogens with zero attached hydrogens (tertiary/aromatic N) is 2. The van der Waals surface area contributed by atoms with Crippen LogP contribution in [0.15, 0.2) is 59.4 Å². The van der Waals surface area contributed by atoms with Gasteiger partial charge in [-0.2, -0.15) is 5.26 Å². The summed E-state index contributed by atoms with van der Waals surface area (Å²) in [7, 11) is 1.21. The molecular weight excluding hydrogens is 426 g/mol. The van der Waals surface area contributed by atoms with E-state index in [4.69, 9.17) is 0 Å². The van der Waals surface area contributed by atoms with Gasteiger partial charge in [0.1, 0.15) is 15.3 Å². The van der Waals surface area contributed by atoms with E-state index in [1.54, 1.807) is 12.1 Å². The molecule has 0 fully saturated rings. The van der Waals surface area contributed by atoms with Gasteiger partial charge in [-0.1, -0.05) is 48.0 Å². The molecule has 1 N–H and O–H groups in total. The Bertz CT molecular complexity index is 1350. The molecule has 0 aliphatic rings. The highest BCUT2D eigenvalue weighted by Crippen LogP contribution is 2.06. The van der Waals surface area contributed by atoms with Crippen LogP contribution in [0.5, 0.6) is 0 Å². The zero-order chi connectivity index (χ0) is 23.1. The van der Waals surface area contributed by atoms with Crippen LogP contribution in [0.4, 0.5) is 0 Å². The minimum Gasteiger partial charge on any atom is -0.466 e. The number of benzene rings is 2. The Morgan fingerprint density at radius 1 is 1.16 bits per heavy atom. The number of methoxy groups -OCH3 is 1. The second-order valence-electron chi connectivity index (χ2n) is 6.89. The quantitative estimate of drug-likeness (QED) is 0.572. The van der Waals surface area contributed by atoms with Gasteiger partial charge < -0.3 is 10.1 Å². The molecule has 0 spiro atoms. The van der Waals surface area contributed by atoms with Crippen molar-refractivity contribution in [3.63, 3.8) is 0 Å². The van der Waals surface area contributed by atoms with Crippen LogP contribution < -0.4 is 20.1 Å². The van der Waals surface area contributed by atoms with E-state index in [9.17, 15) is 19.6 Å². The summed E-state index contributed by atoms with van der Waals surface area (Å²) >= 11 is 0.893. The Morgan fingerprint density at radius 3 is 2.47 bits per heavy atom. The number of nitriles is 1. The first kappa shape index (κ1) is 22.7.